The molecule has 0 aromatic heterocycles. The molecule has 140 valence electrons. The number of anilines is 1. The first kappa shape index (κ1) is 20.7. The van der Waals surface area contributed by atoms with Gasteiger partial charge in [0.2, 0.25) is 11.8 Å². The molecule has 2 rings (SSSR count). The van der Waals surface area contributed by atoms with Crippen molar-refractivity contribution in [2.24, 2.45) is 15.6 Å². The van der Waals surface area contributed by atoms with Gasteiger partial charge < -0.3 is 10.6 Å². The van der Waals surface area contributed by atoms with Crippen molar-refractivity contribution in [3.8, 4) is 0 Å². The summed E-state index contributed by atoms with van der Waals surface area (Å²) in [7, 11) is 0. The molecule has 1 aromatic rings. The van der Waals surface area contributed by atoms with Gasteiger partial charge in [-0.1, -0.05) is 61.8 Å². The fourth-order valence-corrected chi connectivity index (χ4v) is 3.09. The summed E-state index contributed by atoms with van der Waals surface area (Å²) in [5, 5.41) is 14.0. The predicted molar refractivity (Wildman–Crippen MR) is 109 cm³/mol. The van der Waals surface area contributed by atoms with Crippen LogP contribution < -0.4 is 10.6 Å². The van der Waals surface area contributed by atoms with Crippen molar-refractivity contribution in [1.29, 1.82) is 0 Å². The number of amides is 2. The van der Waals surface area contributed by atoms with Crippen molar-refractivity contribution in [2.75, 3.05) is 5.32 Å². The van der Waals surface area contributed by atoms with Gasteiger partial charge in [0.25, 0.3) is 0 Å². The number of hydrogen-bond donors (Lipinski definition) is 2. The van der Waals surface area contributed by atoms with Gasteiger partial charge in [0.05, 0.1) is 15.7 Å². The van der Waals surface area contributed by atoms with Gasteiger partial charge in [-0.2, -0.15) is 5.10 Å². The standard InChI is InChI=1S/C17H20Cl2N4O2S/c1-9(17(2,3)4)22-23-16-21-15(25)12(26-16)8-13(24)20-11-7-5-6-10(18)14(11)19/h5-7,12H,8H2,1-4H3,(H,20,24)(H,21,23,25)/b22-9+. The molecule has 1 saturated heterocycles. The van der Waals surface area contributed by atoms with E-state index in [1.165, 1.54) is 11.8 Å². The Bertz CT molecular complexity index is 787. The molecule has 1 unspecified atom stereocenters. The van der Waals surface area contributed by atoms with Crippen LogP contribution in [0.5, 0.6) is 0 Å². The first-order valence-corrected chi connectivity index (χ1v) is 9.55. The number of benzene rings is 1. The molecule has 1 aliphatic rings. The van der Waals surface area contributed by atoms with Crippen LogP contribution in [0.25, 0.3) is 0 Å². The summed E-state index contributed by atoms with van der Waals surface area (Å²) in [5.74, 6) is -0.609. The van der Waals surface area contributed by atoms with Gasteiger partial charge in [0, 0.05) is 17.5 Å². The molecule has 1 fully saturated rings. The molecule has 0 aliphatic carbocycles. The van der Waals surface area contributed by atoms with Crippen molar-refractivity contribution in [3.63, 3.8) is 0 Å². The second-order valence-corrected chi connectivity index (χ2v) is 8.77. The van der Waals surface area contributed by atoms with Crippen LogP contribution in [0, 0.1) is 5.41 Å². The van der Waals surface area contributed by atoms with E-state index >= 15 is 0 Å². The maximum Gasteiger partial charge on any atom is 0.240 e. The van der Waals surface area contributed by atoms with Crippen molar-refractivity contribution in [3.05, 3.63) is 28.2 Å². The average molecular weight is 415 g/mol. The zero-order valence-electron chi connectivity index (χ0n) is 14.9. The number of amidine groups is 1. The topological polar surface area (TPSA) is 82.9 Å². The molecule has 2 amide bonds. The Morgan fingerprint density at radius 1 is 1.35 bits per heavy atom. The zero-order valence-corrected chi connectivity index (χ0v) is 17.2. The number of carbonyl (C=O) groups is 2. The van der Waals surface area contributed by atoms with E-state index < -0.39 is 5.25 Å². The highest BCUT2D eigenvalue weighted by molar-refractivity contribution is 8.15. The lowest BCUT2D eigenvalue weighted by atomic mass is 9.91. The van der Waals surface area contributed by atoms with Gasteiger partial charge in [-0.25, -0.2) is 0 Å². The number of rotatable bonds is 4. The predicted octanol–water partition coefficient (Wildman–Crippen LogP) is 4.33. The third-order valence-electron chi connectivity index (χ3n) is 3.75. The lowest BCUT2D eigenvalue weighted by Crippen LogP contribution is -2.28. The van der Waals surface area contributed by atoms with E-state index in [4.69, 9.17) is 23.2 Å². The number of thioether (sulfide) groups is 1. The number of carbonyl (C=O) groups excluding carboxylic acids is 2. The molecular weight excluding hydrogens is 395 g/mol. The Kier molecular flexibility index (Phi) is 6.71. The monoisotopic (exact) mass is 414 g/mol. The number of nitrogens with one attached hydrogen (secondary N) is 2. The molecule has 0 saturated carbocycles. The number of hydrogen-bond acceptors (Lipinski definition) is 5. The van der Waals surface area contributed by atoms with Gasteiger partial charge in [0.1, 0.15) is 5.25 Å². The molecule has 9 heteroatoms. The van der Waals surface area contributed by atoms with Crippen LogP contribution >= 0.6 is 35.0 Å². The molecule has 6 nitrogen and oxygen atoms in total. The average Bonchev–Trinajstić information content (AvgIpc) is 2.88. The molecule has 0 radical (unpaired) electrons. The third kappa shape index (κ3) is 5.46. The summed E-state index contributed by atoms with van der Waals surface area (Å²) in [4.78, 5) is 24.3. The molecule has 1 aromatic carbocycles. The lowest BCUT2D eigenvalue weighted by molar-refractivity contribution is -0.122. The van der Waals surface area contributed by atoms with Crippen molar-refractivity contribution < 1.29 is 9.59 Å². The highest BCUT2D eigenvalue weighted by Gasteiger charge is 2.32. The lowest BCUT2D eigenvalue weighted by Gasteiger charge is -2.16. The van der Waals surface area contributed by atoms with E-state index in [1.54, 1.807) is 18.2 Å². The van der Waals surface area contributed by atoms with Gasteiger partial charge in [-0.3, -0.25) is 9.59 Å². The molecule has 0 bridgehead atoms. The van der Waals surface area contributed by atoms with E-state index in [9.17, 15) is 9.59 Å². The van der Waals surface area contributed by atoms with E-state index in [0.29, 0.717) is 15.9 Å². The molecule has 1 heterocycles. The molecule has 0 spiro atoms. The van der Waals surface area contributed by atoms with Crippen LogP contribution in [-0.4, -0.2) is 27.9 Å². The number of nitrogens with zero attached hydrogens (tertiary/aromatic N) is 2. The molecule has 26 heavy (non-hydrogen) atoms. The largest absolute Gasteiger partial charge is 0.325 e. The van der Waals surface area contributed by atoms with Gasteiger partial charge in [-0.15, -0.1) is 5.10 Å². The van der Waals surface area contributed by atoms with E-state index in [2.05, 4.69) is 20.8 Å². The minimum atomic E-state index is -0.572. The Morgan fingerprint density at radius 3 is 2.69 bits per heavy atom. The minimum Gasteiger partial charge on any atom is -0.325 e. The van der Waals surface area contributed by atoms with E-state index in [0.717, 1.165) is 5.71 Å². The summed E-state index contributed by atoms with van der Waals surface area (Å²) < 4.78 is 0. The van der Waals surface area contributed by atoms with Crippen LogP contribution in [0.3, 0.4) is 0 Å². The second-order valence-electron chi connectivity index (χ2n) is 6.79. The quantitative estimate of drug-likeness (QED) is 0.567. The first-order chi connectivity index (χ1) is 12.1. The van der Waals surface area contributed by atoms with Crippen molar-refractivity contribution in [1.82, 2.24) is 5.32 Å². The summed E-state index contributed by atoms with van der Waals surface area (Å²) >= 11 is 13.2. The fourth-order valence-electron chi connectivity index (χ4n) is 1.83. The summed E-state index contributed by atoms with van der Waals surface area (Å²) in [5.41, 5.74) is 1.15. The third-order valence-corrected chi connectivity index (χ3v) is 5.64. The minimum absolute atomic E-state index is 0.0136. The SMILES string of the molecule is C/C(=N\N=C1\NC(=O)C(CC(=O)Nc2cccc(Cl)c2Cl)S1)C(C)(C)C. The number of halogens is 2. The fraction of sp³-hybridized carbons (Fsp3) is 0.412. The second kappa shape index (κ2) is 8.41. The Morgan fingerprint density at radius 2 is 2.04 bits per heavy atom. The van der Waals surface area contributed by atoms with Crippen LogP contribution in [0.2, 0.25) is 10.0 Å². The van der Waals surface area contributed by atoms with Crippen LogP contribution in [0.15, 0.2) is 28.4 Å². The smallest absolute Gasteiger partial charge is 0.240 e. The molecular formula is C17H20Cl2N4O2S. The van der Waals surface area contributed by atoms with Gasteiger partial charge in [0.15, 0.2) is 5.17 Å². The Labute approximate surface area is 166 Å². The summed E-state index contributed by atoms with van der Waals surface area (Å²) in [6, 6.07) is 4.95. The zero-order chi connectivity index (χ0) is 19.5. The van der Waals surface area contributed by atoms with Crippen LogP contribution in [0.4, 0.5) is 5.69 Å². The van der Waals surface area contributed by atoms with Crippen LogP contribution in [-0.2, 0) is 9.59 Å². The molecule has 1 atom stereocenters. The Hall–Kier alpha value is -1.57. The summed E-state index contributed by atoms with van der Waals surface area (Å²) in [6.45, 7) is 7.96. The highest BCUT2D eigenvalue weighted by Crippen LogP contribution is 2.30. The van der Waals surface area contributed by atoms with Crippen molar-refractivity contribution >= 4 is 63.3 Å². The Balaban J connectivity index is 1.99. The highest BCUT2D eigenvalue weighted by atomic mass is 35.5. The summed E-state index contributed by atoms with van der Waals surface area (Å²) in [6.07, 6.45) is -0.0136. The van der Waals surface area contributed by atoms with E-state index in [-0.39, 0.29) is 28.7 Å². The normalized spacial score (nSPS) is 19.6. The van der Waals surface area contributed by atoms with Gasteiger partial charge >= 0.3 is 0 Å². The molecule has 2 N–H and O–H groups in total. The maximum atomic E-state index is 12.2. The first-order valence-electron chi connectivity index (χ1n) is 7.92. The molecule has 1 aliphatic heterocycles. The van der Waals surface area contributed by atoms with Crippen LogP contribution in [0.1, 0.15) is 34.1 Å². The van der Waals surface area contributed by atoms with Crippen molar-refractivity contribution in [2.45, 2.75) is 39.4 Å². The van der Waals surface area contributed by atoms with Gasteiger partial charge in [-0.05, 0) is 19.1 Å². The van der Waals surface area contributed by atoms with E-state index in [1.807, 2.05) is 27.7 Å². The maximum absolute atomic E-state index is 12.2.